The Hall–Kier alpha value is -1.50. The van der Waals surface area contributed by atoms with E-state index in [9.17, 15) is 9.59 Å². The van der Waals surface area contributed by atoms with Crippen LogP contribution in [0.15, 0.2) is 0 Å². The van der Waals surface area contributed by atoms with E-state index in [1.165, 1.54) is 0 Å². The molecule has 0 aliphatic heterocycles. The van der Waals surface area contributed by atoms with Crippen molar-refractivity contribution in [2.24, 2.45) is 5.92 Å². The van der Waals surface area contributed by atoms with Crippen molar-refractivity contribution in [2.75, 3.05) is 0 Å². The van der Waals surface area contributed by atoms with Gasteiger partial charge in [0, 0.05) is 12.8 Å². The summed E-state index contributed by atoms with van der Waals surface area (Å²) in [7, 11) is 0. The summed E-state index contributed by atoms with van der Waals surface area (Å²) in [5.41, 5.74) is 0. The molecule has 2 atom stereocenters. The first-order valence-corrected chi connectivity index (χ1v) is 7.70. The van der Waals surface area contributed by atoms with Gasteiger partial charge < -0.3 is 9.47 Å². The van der Waals surface area contributed by atoms with E-state index in [-0.39, 0.29) is 37.0 Å². The fourth-order valence-electron chi connectivity index (χ4n) is 1.97. The predicted molar refractivity (Wildman–Crippen MR) is 82.5 cm³/mol. The molecule has 0 aliphatic rings. The fraction of sp³-hybridized carbons (Fsp3) is 0.765. The maximum absolute atomic E-state index is 11.6. The summed E-state index contributed by atoms with van der Waals surface area (Å²) in [5.74, 6) is 5.48. The van der Waals surface area contributed by atoms with Gasteiger partial charge in [0.15, 0.2) is 6.10 Å². The normalized spacial score (nSPS) is 13.0. The van der Waals surface area contributed by atoms with E-state index in [2.05, 4.69) is 25.7 Å². The summed E-state index contributed by atoms with van der Waals surface area (Å²) >= 11 is 0. The van der Waals surface area contributed by atoms with Gasteiger partial charge in [0.1, 0.15) is 0 Å². The molecule has 21 heavy (non-hydrogen) atoms. The van der Waals surface area contributed by atoms with Gasteiger partial charge >= 0.3 is 11.9 Å². The minimum absolute atomic E-state index is 0.0752. The van der Waals surface area contributed by atoms with E-state index >= 15 is 0 Å². The van der Waals surface area contributed by atoms with Crippen LogP contribution in [0.1, 0.15) is 66.7 Å². The standard InChI is InChI=1S/C17H28O4/c1-6-9-15(7-2)21-17(19)11-8-10-16(18)20-14(5)12-13(3)4/h13-15H,7-8,10-12H2,1-5H3. The zero-order valence-electron chi connectivity index (χ0n) is 13.9. The Labute approximate surface area is 128 Å². The number of carbonyl (C=O) groups excluding carboxylic acids is 2. The lowest BCUT2D eigenvalue weighted by Crippen LogP contribution is -2.18. The zero-order valence-corrected chi connectivity index (χ0v) is 13.9. The monoisotopic (exact) mass is 296 g/mol. The average molecular weight is 296 g/mol. The Morgan fingerprint density at radius 3 is 2.10 bits per heavy atom. The molecule has 0 aromatic heterocycles. The van der Waals surface area contributed by atoms with Gasteiger partial charge in [-0.05, 0) is 39.0 Å². The van der Waals surface area contributed by atoms with Crippen LogP contribution in [0, 0.1) is 17.8 Å². The van der Waals surface area contributed by atoms with Gasteiger partial charge in [0.05, 0.1) is 6.10 Å². The van der Waals surface area contributed by atoms with Crippen LogP contribution in [-0.4, -0.2) is 24.1 Å². The summed E-state index contributed by atoms with van der Waals surface area (Å²) in [4.78, 5) is 23.2. The second-order valence-electron chi connectivity index (χ2n) is 5.56. The molecule has 0 bridgehead atoms. The highest BCUT2D eigenvalue weighted by Gasteiger charge is 2.13. The maximum atomic E-state index is 11.6. The third-order valence-corrected chi connectivity index (χ3v) is 2.85. The molecule has 0 spiro atoms. The van der Waals surface area contributed by atoms with Crippen molar-refractivity contribution in [3.8, 4) is 11.8 Å². The van der Waals surface area contributed by atoms with E-state index in [4.69, 9.17) is 9.47 Å². The van der Waals surface area contributed by atoms with Crippen LogP contribution in [0.2, 0.25) is 0 Å². The van der Waals surface area contributed by atoms with Crippen LogP contribution in [-0.2, 0) is 19.1 Å². The summed E-state index contributed by atoms with van der Waals surface area (Å²) in [6, 6.07) is 0. The molecule has 4 heteroatoms. The zero-order chi connectivity index (χ0) is 16.3. The van der Waals surface area contributed by atoms with E-state index in [1.54, 1.807) is 6.92 Å². The second-order valence-corrected chi connectivity index (χ2v) is 5.56. The molecule has 0 aliphatic carbocycles. The predicted octanol–water partition coefficient (Wildman–Crippen LogP) is 3.48. The van der Waals surface area contributed by atoms with Crippen LogP contribution in [0.4, 0.5) is 0 Å². The van der Waals surface area contributed by atoms with Crippen molar-refractivity contribution in [3.63, 3.8) is 0 Å². The van der Waals surface area contributed by atoms with Crippen molar-refractivity contribution >= 4 is 11.9 Å². The maximum Gasteiger partial charge on any atom is 0.307 e. The smallest absolute Gasteiger partial charge is 0.307 e. The molecule has 0 heterocycles. The minimum Gasteiger partial charge on any atom is -0.463 e. The molecular weight excluding hydrogens is 268 g/mol. The van der Waals surface area contributed by atoms with Gasteiger partial charge in [-0.2, -0.15) is 0 Å². The van der Waals surface area contributed by atoms with Crippen LogP contribution >= 0.6 is 0 Å². The van der Waals surface area contributed by atoms with E-state index in [0.717, 1.165) is 6.42 Å². The summed E-state index contributed by atoms with van der Waals surface area (Å²) in [6.45, 7) is 9.69. The van der Waals surface area contributed by atoms with E-state index < -0.39 is 0 Å². The quantitative estimate of drug-likeness (QED) is 0.483. The Kier molecular flexibility index (Phi) is 10.4. The lowest BCUT2D eigenvalue weighted by molar-refractivity contribution is -0.149. The van der Waals surface area contributed by atoms with Crippen LogP contribution in [0.25, 0.3) is 0 Å². The number of hydrogen-bond donors (Lipinski definition) is 0. The molecule has 0 amide bonds. The van der Waals surface area contributed by atoms with Crippen molar-refractivity contribution in [1.29, 1.82) is 0 Å². The molecule has 0 N–H and O–H groups in total. The van der Waals surface area contributed by atoms with Crippen molar-refractivity contribution in [1.82, 2.24) is 0 Å². The van der Waals surface area contributed by atoms with Gasteiger partial charge in [-0.1, -0.05) is 26.7 Å². The van der Waals surface area contributed by atoms with Crippen LogP contribution < -0.4 is 0 Å². The molecule has 0 aromatic rings. The minimum atomic E-state index is -0.347. The lowest BCUT2D eigenvalue weighted by Gasteiger charge is -2.15. The molecule has 0 rings (SSSR count). The molecular formula is C17H28O4. The average Bonchev–Trinajstić information content (AvgIpc) is 2.36. The van der Waals surface area contributed by atoms with Gasteiger partial charge in [0.25, 0.3) is 0 Å². The molecule has 2 unspecified atom stereocenters. The Bertz CT molecular complexity index is 376. The van der Waals surface area contributed by atoms with Crippen LogP contribution in [0.3, 0.4) is 0 Å². The molecule has 0 aromatic carbocycles. The van der Waals surface area contributed by atoms with E-state index in [0.29, 0.717) is 18.8 Å². The topological polar surface area (TPSA) is 52.6 Å². The summed E-state index contributed by atoms with van der Waals surface area (Å²) in [5, 5.41) is 0. The van der Waals surface area contributed by atoms with Gasteiger partial charge in [0.2, 0.25) is 0 Å². The molecule has 0 saturated heterocycles. The van der Waals surface area contributed by atoms with Crippen molar-refractivity contribution in [3.05, 3.63) is 0 Å². The molecule has 4 nitrogen and oxygen atoms in total. The lowest BCUT2D eigenvalue weighted by atomic mass is 10.1. The highest BCUT2D eigenvalue weighted by atomic mass is 16.5. The third kappa shape index (κ3) is 10.9. The Morgan fingerprint density at radius 1 is 1.05 bits per heavy atom. The highest BCUT2D eigenvalue weighted by Crippen LogP contribution is 2.10. The summed E-state index contributed by atoms with van der Waals surface area (Å²) < 4.78 is 10.5. The molecule has 0 fully saturated rings. The van der Waals surface area contributed by atoms with Crippen molar-refractivity contribution < 1.29 is 19.1 Å². The SMILES string of the molecule is CC#CC(CC)OC(=O)CCCC(=O)OC(C)CC(C)C. The van der Waals surface area contributed by atoms with Gasteiger partial charge in [-0.3, -0.25) is 9.59 Å². The van der Waals surface area contributed by atoms with Gasteiger partial charge in [-0.25, -0.2) is 0 Å². The highest BCUT2D eigenvalue weighted by molar-refractivity contribution is 5.72. The second kappa shape index (κ2) is 11.2. The molecule has 0 saturated carbocycles. The molecule has 120 valence electrons. The number of carbonyl (C=O) groups is 2. The van der Waals surface area contributed by atoms with Gasteiger partial charge in [-0.15, -0.1) is 5.92 Å². The first-order chi connectivity index (χ1) is 9.88. The largest absolute Gasteiger partial charge is 0.463 e. The number of rotatable bonds is 9. The van der Waals surface area contributed by atoms with Crippen molar-refractivity contribution in [2.45, 2.75) is 78.9 Å². The summed E-state index contributed by atoms with van der Waals surface area (Å²) in [6.07, 6.45) is 2.00. The van der Waals surface area contributed by atoms with E-state index in [1.807, 2.05) is 13.8 Å². The first kappa shape index (κ1) is 19.5. The molecule has 0 radical (unpaired) electrons. The van der Waals surface area contributed by atoms with Crippen LogP contribution in [0.5, 0.6) is 0 Å². The number of ether oxygens (including phenoxy) is 2. The number of hydrogen-bond acceptors (Lipinski definition) is 4. The Morgan fingerprint density at radius 2 is 1.62 bits per heavy atom. The Balaban J connectivity index is 3.89. The first-order valence-electron chi connectivity index (χ1n) is 7.70. The third-order valence-electron chi connectivity index (χ3n) is 2.85. The number of esters is 2. The fourth-order valence-corrected chi connectivity index (χ4v) is 1.97.